The predicted molar refractivity (Wildman–Crippen MR) is 83.9 cm³/mol. The van der Waals surface area contributed by atoms with Gasteiger partial charge in [0.05, 0.1) is 0 Å². The van der Waals surface area contributed by atoms with Gasteiger partial charge >= 0.3 is 0 Å². The Labute approximate surface area is 129 Å². The van der Waals surface area contributed by atoms with Crippen molar-refractivity contribution in [3.63, 3.8) is 0 Å². The van der Waals surface area contributed by atoms with Crippen LogP contribution in [-0.2, 0) is 11.8 Å². The molecule has 0 aliphatic heterocycles. The van der Waals surface area contributed by atoms with Crippen LogP contribution in [0, 0.1) is 0 Å². The summed E-state index contributed by atoms with van der Waals surface area (Å²) in [6, 6.07) is 5.12. The fourth-order valence-electron chi connectivity index (χ4n) is 1.81. The Morgan fingerprint density at radius 1 is 1.33 bits per heavy atom. The van der Waals surface area contributed by atoms with E-state index >= 15 is 0 Å². The summed E-state index contributed by atoms with van der Waals surface area (Å²) >= 11 is 6.02. The Morgan fingerprint density at radius 3 is 2.62 bits per heavy atom. The van der Waals surface area contributed by atoms with E-state index in [2.05, 4.69) is 20.5 Å². The zero-order valence-electron chi connectivity index (χ0n) is 12.6. The second kappa shape index (κ2) is 5.85. The summed E-state index contributed by atoms with van der Waals surface area (Å²) in [5.41, 5.74) is 2.03. The zero-order chi connectivity index (χ0) is 15.6. The highest BCUT2D eigenvalue weighted by molar-refractivity contribution is 6.29. The van der Waals surface area contributed by atoms with Gasteiger partial charge in [0.2, 0.25) is 0 Å². The highest BCUT2D eigenvalue weighted by Gasteiger charge is 2.19. The number of carbonyl (C=O) groups excluding carboxylic acids is 1. The molecule has 1 amide bonds. The van der Waals surface area contributed by atoms with E-state index in [9.17, 15) is 4.79 Å². The SMILES string of the molecule is CCc1cc(NC(=O)c2cc(Cl)nc(C(C)(C)C)c2)n[nH]1. The number of aromatic amines is 1. The van der Waals surface area contributed by atoms with Crippen LogP contribution in [0.1, 0.15) is 49.4 Å². The number of amides is 1. The molecule has 0 spiro atoms. The maximum Gasteiger partial charge on any atom is 0.257 e. The molecule has 0 radical (unpaired) electrons. The molecule has 2 aromatic rings. The number of hydrogen-bond acceptors (Lipinski definition) is 3. The summed E-state index contributed by atoms with van der Waals surface area (Å²) in [6.07, 6.45) is 0.831. The summed E-state index contributed by atoms with van der Waals surface area (Å²) < 4.78 is 0. The van der Waals surface area contributed by atoms with Crippen molar-refractivity contribution in [2.24, 2.45) is 0 Å². The highest BCUT2D eigenvalue weighted by atomic mass is 35.5. The first-order valence-electron chi connectivity index (χ1n) is 6.83. The molecule has 2 N–H and O–H groups in total. The van der Waals surface area contributed by atoms with E-state index in [0.29, 0.717) is 16.5 Å². The molecular formula is C15H19ClN4O. The largest absolute Gasteiger partial charge is 0.305 e. The molecule has 6 heteroatoms. The topological polar surface area (TPSA) is 70.7 Å². The maximum absolute atomic E-state index is 12.3. The van der Waals surface area contributed by atoms with Gasteiger partial charge in [-0.1, -0.05) is 39.3 Å². The lowest BCUT2D eigenvalue weighted by molar-refractivity contribution is 0.102. The molecule has 112 valence electrons. The van der Waals surface area contributed by atoms with Gasteiger partial charge in [0.1, 0.15) is 5.15 Å². The van der Waals surface area contributed by atoms with E-state index < -0.39 is 0 Å². The van der Waals surface area contributed by atoms with Crippen molar-refractivity contribution in [2.45, 2.75) is 39.5 Å². The monoisotopic (exact) mass is 306 g/mol. The number of rotatable bonds is 3. The van der Waals surface area contributed by atoms with Gasteiger partial charge in [0, 0.05) is 28.4 Å². The number of hydrogen-bond donors (Lipinski definition) is 2. The highest BCUT2D eigenvalue weighted by Crippen LogP contribution is 2.23. The van der Waals surface area contributed by atoms with E-state index in [1.54, 1.807) is 12.1 Å². The van der Waals surface area contributed by atoms with Crippen molar-refractivity contribution in [2.75, 3.05) is 5.32 Å². The van der Waals surface area contributed by atoms with Crippen molar-refractivity contribution in [1.29, 1.82) is 0 Å². The summed E-state index contributed by atoms with van der Waals surface area (Å²) in [4.78, 5) is 16.6. The number of H-pyrrole nitrogens is 1. The third-order valence-corrected chi connectivity index (χ3v) is 3.27. The molecule has 0 atom stereocenters. The van der Waals surface area contributed by atoms with Gasteiger partial charge in [-0.3, -0.25) is 9.89 Å². The quantitative estimate of drug-likeness (QED) is 0.852. The van der Waals surface area contributed by atoms with Gasteiger partial charge in [-0.2, -0.15) is 5.10 Å². The lowest BCUT2D eigenvalue weighted by Gasteiger charge is -2.18. The van der Waals surface area contributed by atoms with E-state index in [1.807, 2.05) is 33.8 Å². The first kappa shape index (κ1) is 15.5. The standard InChI is InChI=1S/C15H19ClN4O/c1-5-10-8-13(20-19-10)18-14(21)9-6-11(15(2,3)4)17-12(16)7-9/h6-8H,5H2,1-4H3,(H2,18,19,20,21). The van der Waals surface area contributed by atoms with Crippen LogP contribution in [0.4, 0.5) is 5.82 Å². The van der Waals surface area contributed by atoms with Crippen LogP contribution in [0.5, 0.6) is 0 Å². The number of carbonyl (C=O) groups is 1. The van der Waals surface area contributed by atoms with Gasteiger partial charge in [-0.05, 0) is 18.6 Å². The van der Waals surface area contributed by atoms with Crippen LogP contribution < -0.4 is 5.32 Å². The van der Waals surface area contributed by atoms with E-state index in [1.165, 1.54) is 0 Å². The predicted octanol–water partition coefficient (Wildman–Crippen LogP) is 3.57. The molecular weight excluding hydrogens is 288 g/mol. The minimum absolute atomic E-state index is 0.179. The second-order valence-electron chi connectivity index (χ2n) is 5.90. The fourth-order valence-corrected chi connectivity index (χ4v) is 2.02. The molecule has 0 fully saturated rings. The molecule has 0 unspecified atom stereocenters. The van der Waals surface area contributed by atoms with Crippen LogP contribution in [0.25, 0.3) is 0 Å². The average molecular weight is 307 g/mol. The number of aromatic nitrogens is 3. The molecule has 21 heavy (non-hydrogen) atoms. The molecule has 2 rings (SSSR count). The van der Waals surface area contributed by atoms with Gasteiger partial charge in [0.25, 0.3) is 5.91 Å². The zero-order valence-corrected chi connectivity index (χ0v) is 13.4. The molecule has 2 heterocycles. The van der Waals surface area contributed by atoms with Crippen LogP contribution in [0.3, 0.4) is 0 Å². The molecule has 0 aliphatic rings. The molecule has 0 aromatic carbocycles. The minimum atomic E-state index is -0.251. The normalized spacial score (nSPS) is 11.5. The lowest BCUT2D eigenvalue weighted by atomic mass is 9.91. The maximum atomic E-state index is 12.3. The number of pyridine rings is 1. The van der Waals surface area contributed by atoms with Crippen molar-refractivity contribution in [1.82, 2.24) is 15.2 Å². The molecule has 0 saturated carbocycles. The van der Waals surface area contributed by atoms with Gasteiger partial charge in [-0.15, -0.1) is 0 Å². The first-order valence-corrected chi connectivity index (χ1v) is 7.21. The number of nitrogens with one attached hydrogen (secondary N) is 2. The van der Waals surface area contributed by atoms with Crippen molar-refractivity contribution in [3.8, 4) is 0 Å². The number of nitrogens with zero attached hydrogens (tertiary/aromatic N) is 2. The second-order valence-corrected chi connectivity index (χ2v) is 6.29. The van der Waals surface area contributed by atoms with Crippen molar-refractivity contribution >= 4 is 23.3 Å². The smallest absolute Gasteiger partial charge is 0.257 e. The summed E-state index contributed by atoms with van der Waals surface area (Å²) in [5, 5.41) is 9.96. The Hall–Kier alpha value is -1.88. The van der Waals surface area contributed by atoms with E-state index in [4.69, 9.17) is 11.6 Å². The molecule has 0 bridgehead atoms. The number of anilines is 1. The first-order chi connectivity index (χ1) is 9.79. The Morgan fingerprint density at radius 2 is 2.05 bits per heavy atom. The fraction of sp³-hybridized carbons (Fsp3) is 0.400. The number of halogens is 1. The van der Waals surface area contributed by atoms with Gasteiger partial charge in [-0.25, -0.2) is 4.98 Å². The van der Waals surface area contributed by atoms with Crippen LogP contribution in [0.2, 0.25) is 5.15 Å². The van der Waals surface area contributed by atoms with Crippen molar-refractivity contribution in [3.05, 3.63) is 40.3 Å². The molecule has 5 nitrogen and oxygen atoms in total. The van der Waals surface area contributed by atoms with Gasteiger partial charge in [0.15, 0.2) is 5.82 Å². The summed E-state index contributed by atoms with van der Waals surface area (Å²) in [6.45, 7) is 8.08. The Kier molecular flexibility index (Phi) is 4.32. The van der Waals surface area contributed by atoms with Gasteiger partial charge < -0.3 is 5.32 Å². The summed E-state index contributed by atoms with van der Waals surface area (Å²) in [5.74, 6) is 0.251. The third kappa shape index (κ3) is 3.82. The van der Waals surface area contributed by atoms with Crippen LogP contribution in [0.15, 0.2) is 18.2 Å². The van der Waals surface area contributed by atoms with Crippen molar-refractivity contribution < 1.29 is 4.79 Å². The lowest BCUT2D eigenvalue weighted by Crippen LogP contribution is -2.17. The summed E-state index contributed by atoms with van der Waals surface area (Å²) in [7, 11) is 0. The average Bonchev–Trinajstić information content (AvgIpc) is 2.84. The third-order valence-electron chi connectivity index (χ3n) is 3.08. The van der Waals surface area contributed by atoms with Crippen LogP contribution in [-0.4, -0.2) is 21.1 Å². The Bertz CT molecular complexity index is 658. The minimum Gasteiger partial charge on any atom is -0.305 e. The van der Waals surface area contributed by atoms with E-state index in [-0.39, 0.29) is 11.3 Å². The number of aryl methyl sites for hydroxylation is 1. The molecule has 0 aliphatic carbocycles. The molecule has 0 saturated heterocycles. The Balaban J connectivity index is 2.24. The van der Waals surface area contributed by atoms with E-state index in [0.717, 1.165) is 17.8 Å². The van der Waals surface area contributed by atoms with Crippen LogP contribution >= 0.6 is 11.6 Å². The molecule has 2 aromatic heterocycles.